The van der Waals surface area contributed by atoms with Crippen LogP contribution in [0.3, 0.4) is 0 Å². The van der Waals surface area contributed by atoms with Crippen LogP contribution in [0, 0.1) is 13.8 Å². The van der Waals surface area contributed by atoms with Crippen LogP contribution in [0.4, 0.5) is 11.4 Å². The molecular formula is C17H20BrN5OS. The van der Waals surface area contributed by atoms with Crippen molar-refractivity contribution >= 4 is 49.1 Å². The van der Waals surface area contributed by atoms with Crippen LogP contribution in [0.25, 0.3) is 11.0 Å². The van der Waals surface area contributed by atoms with E-state index in [1.54, 1.807) is 6.07 Å². The fraction of sp³-hybridized carbons (Fsp3) is 0.294. The lowest BCUT2D eigenvalue weighted by Gasteiger charge is -2.20. The van der Waals surface area contributed by atoms with E-state index < -0.39 is 10.8 Å². The Balaban J connectivity index is 1.94. The van der Waals surface area contributed by atoms with Gasteiger partial charge in [0.1, 0.15) is 0 Å². The summed E-state index contributed by atoms with van der Waals surface area (Å²) in [7, 11) is 2.67. The zero-order chi connectivity index (χ0) is 18.3. The average molecular weight is 422 g/mol. The van der Waals surface area contributed by atoms with Gasteiger partial charge in [0.2, 0.25) is 0 Å². The molecule has 6 nitrogen and oxygen atoms in total. The van der Waals surface area contributed by atoms with Crippen molar-refractivity contribution in [1.29, 1.82) is 0 Å². The molecule has 0 bridgehead atoms. The number of nitrogens with zero attached hydrogens (tertiary/aromatic N) is 3. The highest BCUT2D eigenvalue weighted by Gasteiger charge is 2.17. The number of rotatable bonds is 4. The van der Waals surface area contributed by atoms with Crippen molar-refractivity contribution in [3.8, 4) is 0 Å². The number of fused-ring (bicyclic) bond motifs is 1. The van der Waals surface area contributed by atoms with E-state index in [1.165, 1.54) is 0 Å². The molecule has 0 saturated heterocycles. The molecule has 3 rings (SSSR count). The van der Waals surface area contributed by atoms with E-state index in [4.69, 9.17) is 5.73 Å². The molecule has 0 aliphatic carbocycles. The SMILES string of the molecule is Cc1cnc(C[S@@](=O)c2nc3cc(N)c(Br)cc3[nH]2)c(C)c1N(C)C. The fourth-order valence-corrected chi connectivity index (χ4v) is 4.37. The molecule has 1 atom stereocenters. The molecule has 0 aliphatic rings. The average Bonchev–Trinajstić information content (AvgIpc) is 2.93. The number of benzene rings is 1. The Morgan fingerprint density at radius 1 is 1.32 bits per heavy atom. The Morgan fingerprint density at radius 2 is 2.04 bits per heavy atom. The lowest BCUT2D eigenvalue weighted by atomic mass is 10.1. The number of imidazole rings is 1. The van der Waals surface area contributed by atoms with E-state index in [9.17, 15) is 4.21 Å². The number of nitrogen functional groups attached to an aromatic ring is 1. The number of aromatic nitrogens is 3. The second kappa shape index (κ2) is 6.76. The van der Waals surface area contributed by atoms with Crippen LogP contribution in [-0.4, -0.2) is 33.3 Å². The van der Waals surface area contributed by atoms with Crippen LogP contribution in [-0.2, 0) is 16.6 Å². The highest BCUT2D eigenvalue weighted by atomic mass is 79.9. The maximum absolute atomic E-state index is 12.8. The van der Waals surface area contributed by atoms with Crippen LogP contribution in [0.2, 0.25) is 0 Å². The third kappa shape index (κ3) is 3.41. The summed E-state index contributed by atoms with van der Waals surface area (Å²) in [5.74, 6) is 0.309. The fourth-order valence-electron chi connectivity index (χ4n) is 2.92. The lowest BCUT2D eigenvalue weighted by molar-refractivity contribution is 0.676. The summed E-state index contributed by atoms with van der Waals surface area (Å²) in [6, 6.07) is 3.61. The Kier molecular flexibility index (Phi) is 4.83. The van der Waals surface area contributed by atoms with Crippen LogP contribution in [0.15, 0.2) is 28.0 Å². The minimum atomic E-state index is -1.32. The molecule has 3 aromatic rings. The molecule has 132 valence electrons. The molecule has 25 heavy (non-hydrogen) atoms. The Labute approximate surface area is 157 Å². The molecular weight excluding hydrogens is 402 g/mol. The first-order valence-corrected chi connectivity index (χ1v) is 9.84. The van der Waals surface area contributed by atoms with Gasteiger partial charge in [-0.05, 0) is 53.0 Å². The highest BCUT2D eigenvalue weighted by molar-refractivity contribution is 9.10. The van der Waals surface area contributed by atoms with Gasteiger partial charge in [-0.25, -0.2) is 4.98 Å². The summed E-state index contributed by atoms with van der Waals surface area (Å²) in [6.45, 7) is 4.04. The molecule has 2 heterocycles. The maximum atomic E-state index is 12.8. The van der Waals surface area contributed by atoms with Gasteiger partial charge in [-0.3, -0.25) is 9.19 Å². The van der Waals surface area contributed by atoms with Gasteiger partial charge >= 0.3 is 0 Å². The molecule has 3 N–H and O–H groups in total. The minimum Gasteiger partial charge on any atom is -0.398 e. The molecule has 0 spiro atoms. The van der Waals surface area contributed by atoms with Gasteiger partial charge in [0.25, 0.3) is 0 Å². The quantitative estimate of drug-likeness (QED) is 0.630. The molecule has 0 unspecified atom stereocenters. The van der Waals surface area contributed by atoms with Crippen molar-refractivity contribution in [1.82, 2.24) is 15.0 Å². The summed E-state index contributed by atoms with van der Waals surface area (Å²) in [6.07, 6.45) is 1.82. The molecule has 1 aromatic carbocycles. The number of aromatic amines is 1. The molecule has 0 fully saturated rings. The van der Waals surface area contributed by atoms with Crippen LogP contribution in [0.1, 0.15) is 16.8 Å². The summed E-state index contributed by atoms with van der Waals surface area (Å²) < 4.78 is 13.6. The van der Waals surface area contributed by atoms with E-state index in [1.807, 2.05) is 40.2 Å². The number of aryl methyl sites for hydroxylation is 1. The number of hydrogen-bond acceptors (Lipinski definition) is 5. The standard InChI is InChI=1S/C17H20BrN5OS/c1-9-7-20-15(10(2)16(9)23(3)4)8-25(24)17-21-13-5-11(18)12(19)6-14(13)22-17/h5-7H,8,19H2,1-4H3,(H,21,22)/t25-/m1/s1. The van der Waals surface area contributed by atoms with Gasteiger partial charge in [-0.15, -0.1) is 0 Å². The number of halogens is 1. The zero-order valence-corrected chi connectivity index (χ0v) is 17.0. The molecule has 2 aromatic heterocycles. The number of hydrogen-bond donors (Lipinski definition) is 2. The highest BCUT2D eigenvalue weighted by Crippen LogP contribution is 2.27. The first-order valence-electron chi connectivity index (χ1n) is 7.73. The number of nitrogens with two attached hydrogens (primary N) is 1. The minimum absolute atomic E-state index is 0.309. The smallest absolute Gasteiger partial charge is 0.197 e. The van der Waals surface area contributed by atoms with Crippen molar-refractivity contribution in [3.63, 3.8) is 0 Å². The maximum Gasteiger partial charge on any atom is 0.197 e. The molecule has 0 saturated carbocycles. The van der Waals surface area contributed by atoms with Gasteiger partial charge in [0.15, 0.2) is 5.16 Å². The lowest BCUT2D eigenvalue weighted by Crippen LogP contribution is -2.14. The van der Waals surface area contributed by atoms with Crippen LogP contribution >= 0.6 is 15.9 Å². The van der Waals surface area contributed by atoms with Crippen molar-refractivity contribution in [2.45, 2.75) is 24.8 Å². The van der Waals surface area contributed by atoms with Gasteiger partial charge < -0.3 is 15.6 Å². The van der Waals surface area contributed by atoms with Crippen molar-refractivity contribution in [3.05, 3.63) is 39.6 Å². The van der Waals surface area contributed by atoms with Gasteiger partial charge in [0, 0.05) is 36.1 Å². The van der Waals surface area contributed by atoms with Crippen LogP contribution in [0.5, 0.6) is 0 Å². The summed E-state index contributed by atoms with van der Waals surface area (Å²) in [5.41, 5.74) is 12.1. The first kappa shape index (κ1) is 17.9. The number of pyridine rings is 1. The van der Waals surface area contributed by atoms with Crippen molar-refractivity contribution < 1.29 is 4.21 Å². The normalized spacial score (nSPS) is 12.5. The van der Waals surface area contributed by atoms with Crippen molar-refractivity contribution in [2.24, 2.45) is 0 Å². The second-order valence-corrected chi connectivity index (χ2v) is 8.40. The van der Waals surface area contributed by atoms with E-state index in [-0.39, 0.29) is 0 Å². The first-order chi connectivity index (χ1) is 11.8. The van der Waals surface area contributed by atoms with Gasteiger partial charge in [-0.2, -0.15) is 0 Å². The summed E-state index contributed by atoms with van der Waals surface area (Å²) in [5, 5.41) is 0.431. The van der Waals surface area contributed by atoms with Gasteiger partial charge in [-0.1, -0.05) is 0 Å². The number of nitrogens with one attached hydrogen (secondary N) is 1. The topological polar surface area (TPSA) is 87.9 Å². The van der Waals surface area contributed by atoms with E-state index >= 15 is 0 Å². The molecule has 0 amide bonds. The van der Waals surface area contributed by atoms with E-state index in [0.29, 0.717) is 22.1 Å². The summed E-state index contributed by atoms with van der Waals surface area (Å²) >= 11 is 3.39. The molecule has 8 heteroatoms. The predicted molar refractivity (Wildman–Crippen MR) is 106 cm³/mol. The third-order valence-corrected chi connectivity index (χ3v) is 5.93. The van der Waals surface area contributed by atoms with E-state index in [0.717, 1.165) is 32.5 Å². The predicted octanol–water partition coefficient (Wildman–Crippen LogP) is 3.29. The largest absolute Gasteiger partial charge is 0.398 e. The van der Waals surface area contributed by atoms with Gasteiger partial charge in [0.05, 0.1) is 33.3 Å². The second-order valence-electron chi connectivity index (χ2n) is 6.18. The Bertz CT molecular complexity index is 944. The number of H-pyrrole nitrogens is 1. The Hall–Kier alpha value is -1.93. The Morgan fingerprint density at radius 3 is 2.72 bits per heavy atom. The van der Waals surface area contributed by atoms with E-state index in [2.05, 4.69) is 35.8 Å². The molecule has 0 radical (unpaired) electrons. The third-order valence-electron chi connectivity index (χ3n) is 4.08. The van der Waals surface area contributed by atoms with Crippen molar-refractivity contribution in [2.75, 3.05) is 24.7 Å². The summed E-state index contributed by atoms with van der Waals surface area (Å²) in [4.78, 5) is 14.1. The molecule has 0 aliphatic heterocycles. The van der Waals surface area contributed by atoms with Crippen LogP contribution < -0.4 is 10.6 Å². The number of anilines is 2. The monoisotopic (exact) mass is 421 g/mol. The zero-order valence-electron chi connectivity index (χ0n) is 14.6.